The molecule has 0 radical (unpaired) electrons. The lowest BCUT2D eigenvalue weighted by Gasteiger charge is -2.39. The van der Waals surface area contributed by atoms with Crippen molar-refractivity contribution >= 4 is 5.91 Å². The lowest BCUT2D eigenvalue weighted by Crippen LogP contribution is -2.52. The van der Waals surface area contributed by atoms with Crippen molar-refractivity contribution in [3.63, 3.8) is 0 Å². The SMILES string of the molecule is O=C(C1CCCN(Cc2ccc(F)cc2)C1)N1CCN(Cc2ccc3c(c2)OCO3)CC1. The zero-order valence-electron chi connectivity index (χ0n) is 18.3. The van der Waals surface area contributed by atoms with Crippen LogP contribution in [0, 0.1) is 11.7 Å². The van der Waals surface area contributed by atoms with Crippen LogP contribution in [0.5, 0.6) is 11.5 Å². The summed E-state index contributed by atoms with van der Waals surface area (Å²) in [6.07, 6.45) is 1.98. The zero-order chi connectivity index (χ0) is 21.9. The van der Waals surface area contributed by atoms with Gasteiger partial charge in [-0.2, -0.15) is 0 Å². The van der Waals surface area contributed by atoms with Gasteiger partial charge in [0.1, 0.15) is 5.82 Å². The van der Waals surface area contributed by atoms with Gasteiger partial charge in [-0.3, -0.25) is 14.6 Å². The molecule has 0 N–H and O–H groups in total. The van der Waals surface area contributed by atoms with Crippen LogP contribution in [0.1, 0.15) is 24.0 Å². The fourth-order valence-corrected chi connectivity index (χ4v) is 4.93. The topological polar surface area (TPSA) is 45.3 Å². The number of piperazine rings is 1. The Morgan fingerprint density at radius 2 is 1.59 bits per heavy atom. The minimum absolute atomic E-state index is 0.0598. The summed E-state index contributed by atoms with van der Waals surface area (Å²) >= 11 is 0. The predicted octanol–water partition coefficient (Wildman–Crippen LogP) is 3.11. The number of amides is 1. The van der Waals surface area contributed by atoms with E-state index < -0.39 is 0 Å². The van der Waals surface area contributed by atoms with Crippen LogP contribution in [0.3, 0.4) is 0 Å². The first-order valence-electron chi connectivity index (χ1n) is 11.5. The van der Waals surface area contributed by atoms with Crippen molar-refractivity contribution in [2.24, 2.45) is 5.92 Å². The molecule has 1 unspecified atom stereocenters. The van der Waals surface area contributed by atoms with Crippen LogP contribution in [-0.2, 0) is 17.9 Å². The number of ether oxygens (including phenoxy) is 2. The summed E-state index contributed by atoms with van der Waals surface area (Å²) in [6, 6.07) is 12.8. The molecule has 3 heterocycles. The van der Waals surface area contributed by atoms with E-state index in [0.717, 1.165) is 82.3 Å². The highest BCUT2D eigenvalue weighted by molar-refractivity contribution is 5.79. The van der Waals surface area contributed by atoms with Gasteiger partial charge in [0.2, 0.25) is 12.7 Å². The fourth-order valence-electron chi connectivity index (χ4n) is 4.93. The molecule has 2 aromatic carbocycles. The molecule has 0 bridgehead atoms. The van der Waals surface area contributed by atoms with Crippen molar-refractivity contribution in [2.75, 3.05) is 46.1 Å². The number of carbonyl (C=O) groups excluding carboxylic acids is 1. The molecular formula is C25H30FN3O3. The highest BCUT2D eigenvalue weighted by atomic mass is 19.1. The molecule has 170 valence electrons. The summed E-state index contributed by atoms with van der Waals surface area (Å²) in [5.41, 5.74) is 2.30. The Bertz CT molecular complexity index is 944. The van der Waals surface area contributed by atoms with Gasteiger partial charge in [0, 0.05) is 45.8 Å². The Kier molecular flexibility index (Phi) is 6.28. The van der Waals surface area contributed by atoms with Crippen LogP contribution in [0.15, 0.2) is 42.5 Å². The van der Waals surface area contributed by atoms with E-state index in [4.69, 9.17) is 9.47 Å². The highest BCUT2D eigenvalue weighted by Crippen LogP contribution is 2.33. The molecule has 0 spiro atoms. The maximum atomic E-state index is 13.2. The lowest BCUT2D eigenvalue weighted by atomic mass is 9.95. The van der Waals surface area contributed by atoms with Crippen molar-refractivity contribution in [2.45, 2.75) is 25.9 Å². The molecule has 2 fully saturated rings. The lowest BCUT2D eigenvalue weighted by molar-refractivity contribution is -0.139. The number of hydrogen-bond donors (Lipinski definition) is 0. The number of halogens is 1. The number of nitrogens with zero attached hydrogens (tertiary/aromatic N) is 3. The standard InChI is InChI=1S/C25H30FN3O3/c26-22-6-3-19(4-7-22)15-28-9-1-2-21(17-28)25(30)29-12-10-27(11-13-29)16-20-5-8-23-24(14-20)32-18-31-23/h3-8,14,21H,1-2,9-13,15-18H2. The maximum Gasteiger partial charge on any atom is 0.231 e. The quantitative estimate of drug-likeness (QED) is 0.717. The third kappa shape index (κ3) is 4.89. The smallest absolute Gasteiger partial charge is 0.231 e. The first-order chi connectivity index (χ1) is 15.6. The van der Waals surface area contributed by atoms with E-state index in [-0.39, 0.29) is 17.6 Å². The summed E-state index contributed by atoms with van der Waals surface area (Å²) in [6.45, 7) is 7.01. The van der Waals surface area contributed by atoms with Gasteiger partial charge in [-0.1, -0.05) is 18.2 Å². The second kappa shape index (κ2) is 9.46. The van der Waals surface area contributed by atoms with Crippen LogP contribution < -0.4 is 9.47 Å². The Labute approximate surface area is 188 Å². The number of carbonyl (C=O) groups is 1. The molecule has 0 aromatic heterocycles. The molecular weight excluding hydrogens is 409 g/mol. The van der Waals surface area contributed by atoms with Crippen molar-refractivity contribution in [3.05, 3.63) is 59.4 Å². The molecule has 7 heteroatoms. The van der Waals surface area contributed by atoms with Crippen molar-refractivity contribution in [1.82, 2.24) is 14.7 Å². The van der Waals surface area contributed by atoms with Gasteiger partial charge in [-0.05, 0) is 54.8 Å². The minimum atomic E-state index is -0.210. The molecule has 6 nitrogen and oxygen atoms in total. The maximum absolute atomic E-state index is 13.2. The molecule has 5 rings (SSSR count). The second-order valence-corrected chi connectivity index (χ2v) is 8.99. The van der Waals surface area contributed by atoms with Gasteiger partial charge in [-0.25, -0.2) is 4.39 Å². The predicted molar refractivity (Wildman–Crippen MR) is 119 cm³/mol. The van der Waals surface area contributed by atoms with Gasteiger partial charge in [0.25, 0.3) is 0 Å². The summed E-state index contributed by atoms with van der Waals surface area (Å²) in [5.74, 6) is 1.77. The Morgan fingerprint density at radius 3 is 2.41 bits per heavy atom. The average Bonchev–Trinajstić information content (AvgIpc) is 3.29. The molecule has 2 aromatic rings. The summed E-state index contributed by atoms with van der Waals surface area (Å²) in [5, 5.41) is 0. The Balaban J connectivity index is 1.11. The second-order valence-electron chi connectivity index (χ2n) is 8.99. The third-order valence-corrected chi connectivity index (χ3v) is 6.70. The van der Waals surface area contributed by atoms with E-state index >= 15 is 0 Å². The first kappa shape index (κ1) is 21.2. The van der Waals surface area contributed by atoms with E-state index in [1.165, 1.54) is 17.7 Å². The molecule has 2 saturated heterocycles. The van der Waals surface area contributed by atoms with Gasteiger partial charge in [0.05, 0.1) is 5.92 Å². The van der Waals surface area contributed by atoms with Gasteiger partial charge < -0.3 is 14.4 Å². The molecule has 1 amide bonds. The molecule has 32 heavy (non-hydrogen) atoms. The normalized spacial score (nSPS) is 21.7. The van der Waals surface area contributed by atoms with E-state index in [1.807, 2.05) is 23.1 Å². The summed E-state index contributed by atoms with van der Waals surface area (Å²) in [7, 11) is 0. The van der Waals surface area contributed by atoms with Gasteiger partial charge in [-0.15, -0.1) is 0 Å². The molecule has 3 aliphatic rings. The molecule has 0 aliphatic carbocycles. The van der Waals surface area contributed by atoms with Crippen LogP contribution in [0.2, 0.25) is 0 Å². The third-order valence-electron chi connectivity index (χ3n) is 6.70. The number of rotatable bonds is 5. The summed E-state index contributed by atoms with van der Waals surface area (Å²) < 4.78 is 24.0. The van der Waals surface area contributed by atoms with E-state index in [9.17, 15) is 9.18 Å². The van der Waals surface area contributed by atoms with Crippen molar-refractivity contribution in [1.29, 1.82) is 0 Å². The van der Waals surface area contributed by atoms with E-state index in [1.54, 1.807) is 0 Å². The number of likely N-dealkylation sites (tertiary alicyclic amines) is 1. The van der Waals surface area contributed by atoms with Crippen molar-refractivity contribution in [3.8, 4) is 11.5 Å². The van der Waals surface area contributed by atoms with Gasteiger partial charge >= 0.3 is 0 Å². The molecule has 0 saturated carbocycles. The summed E-state index contributed by atoms with van der Waals surface area (Å²) in [4.78, 5) is 20.0. The van der Waals surface area contributed by atoms with Crippen LogP contribution in [0.4, 0.5) is 4.39 Å². The largest absolute Gasteiger partial charge is 0.454 e. The number of benzene rings is 2. The number of fused-ring (bicyclic) bond motifs is 1. The van der Waals surface area contributed by atoms with Gasteiger partial charge in [0.15, 0.2) is 11.5 Å². The molecule has 3 aliphatic heterocycles. The number of piperidine rings is 1. The Hall–Kier alpha value is -2.64. The Morgan fingerprint density at radius 1 is 0.875 bits per heavy atom. The van der Waals surface area contributed by atoms with Crippen LogP contribution in [0.25, 0.3) is 0 Å². The van der Waals surface area contributed by atoms with Crippen molar-refractivity contribution < 1.29 is 18.7 Å². The number of hydrogen-bond acceptors (Lipinski definition) is 5. The molecule has 1 atom stereocenters. The van der Waals surface area contributed by atoms with E-state index in [2.05, 4.69) is 21.9 Å². The first-order valence-corrected chi connectivity index (χ1v) is 11.5. The highest BCUT2D eigenvalue weighted by Gasteiger charge is 2.31. The van der Waals surface area contributed by atoms with Crippen LogP contribution >= 0.6 is 0 Å². The fraction of sp³-hybridized carbons (Fsp3) is 0.480. The average molecular weight is 440 g/mol. The zero-order valence-corrected chi connectivity index (χ0v) is 18.3. The van der Waals surface area contributed by atoms with Crippen LogP contribution in [-0.4, -0.2) is 66.7 Å². The monoisotopic (exact) mass is 439 g/mol. The minimum Gasteiger partial charge on any atom is -0.454 e. The van der Waals surface area contributed by atoms with E-state index in [0.29, 0.717) is 6.79 Å².